The molecule has 3 rings (SSSR count). The number of nitrogens with zero attached hydrogens (tertiary/aromatic N) is 2. The molecule has 0 aromatic heterocycles. The molecule has 2 aromatic carbocycles. The van der Waals surface area contributed by atoms with E-state index in [-0.39, 0.29) is 17.1 Å². The maximum atomic E-state index is 13.3. The smallest absolute Gasteiger partial charge is 0.237 e. The lowest BCUT2D eigenvalue weighted by Gasteiger charge is -2.28. The van der Waals surface area contributed by atoms with Gasteiger partial charge in [0.05, 0.1) is 6.54 Å². The van der Waals surface area contributed by atoms with Gasteiger partial charge < -0.3 is 4.90 Å². The molecule has 0 aliphatic carbocycles. The van der Waals surface area contributed by atoms with E-state index in [9.17, 15) is 9.18 Å². The quantitative estimate of drug-likeness (QED) is 0.517. The number of carbonyl (C=O) groups excluding carboxylic acids is 1. The minimum atomic E-state index is -0.245. The molecule has 150 valence electrons. The molecule has 28 heavy (non-hydrogen) atoms. The van der Waals surface area contributed by atoms with Crippen LogP contribution >= 0.6 is 27.7 Å². The summed E-state index contributed by atoms with van der Waals surface area (Å²) < 4.78 is 14.3. The van der Waals surface area contributed by atoms with Crippen molar-refractivity contribution < 1.29 is 9.18 Å². The summed E-state index contributed by atoms with van der Waals surface area (Å²) in [4.78, 5) is 17.3. The van der Waals surface area contributed by atoms with Gasteiger partial charge in [-0.15, -0.1) is 11.8 Å². The number of amides is 1. The van der Waals surface area contributed by atoms with Crippen LogP contribution in [0.1, 0.15) is 36.3 Å². The molecular formula is C22H26BrFN2OS. The van der Waals surface area contributed by atoms with Crippen molar-refractivity contribution in [3.05, 3.63) is 69.9 Å². The standard InChI is InChI=1S/C22H26BrFN2OS/c1-2-3-12-25(15-17-4-8-19(23)9-5-17)16-21(27)26-13-14-28-22(26)18-6-10-20(24)11-7-18/h4-11,22H,2-3,12-16H2,1H3/t22-/m1/s1. The first-order valence-electron chi connectivity index (χ1n) is 9.70. The molecule has 1 aliphatic heterocycles. The minimum absolute atomic E-state index is 0.0196. The lowest BCUT2D eigenvalue weighted by molar-refractivity contribution is -0.132. The van der Waals surface area contributed by atoms with Crippen molar-refractivity contribution in [2.75, 3.05) is 25.4 Å². The zero-order valence-electron chi connectivity index (χ0n) is 16.1. The van der Waals surface area contributed by atoms with Gasteiger partial charge in [0.15, 0.2) is 0 Å². The van der Waals surface area contributed by atoms with Crippen LogP contribution in [0.25, 0.3) is 0 Å². The Morgan fingerprint density at radius 1 is 1.21 bits per heavy atom. The topological polar surface area (TPSA) is 23.6 Å². The highest BCUT2D eigenvalue weighted by molar-refractivity contribution is 9.10. The molecule has 1 heterocycles. The van der Waals surface area contributed by atoms with Crippen LogP contribution in [-0.2, 0) is 11.3 Å². The maximum Gasteiger partial charge on any atom is 0.237 e. The molecule has 0 bridgehead atoms. The Labute approximate surface area is 179 Å². The average molecular weight is 465 g/mol. The molecule has 1 aliphatic rings. The number of benzene rings is 2. The van der Waals surface area contributed by atoms with Crippen LogP contribution in [0, 0.1) is 5.82 Å². The van der Waals surface area contributed by atoms with Crippen LogP contribution in [0.2, 0.25) is 0 Å². The molecule has 0 unspecified atom stereocenters. The molecule has 6 heteroatoms. The van der Waals surface area contributed by atoms with Crippen LogP contribution in [0.5, 0.6) is 0 Å². The molecule has 0 spiro atoms. The summed E-state index contributed by atoms with van der Waals surface area (Å²) in [6.07, 6.45) is 2.17. The highest BCUT2D eigenvalue weighted by atomic mass is 79.9. The molecule has 0 saturated carbocycles. The highest BCUT2D eigenvalue weighted by Gasteiger charge is 2.31. The molecule has 0 N–H and O–H groups in total. The first-order chi connectivity index (χ1) is 13.6. The lowest BCUT2D eigenvalue weighted by Crippen LogP contribution is -2.40. The monoisotopic (exact) mass is 464 g/mol. The van der Waals surface area contributed by atoms with Gasteiger partial charge in [0, 0.05) is 23.3 Å². The predicted octanol–water partition coefficient (Wildman–Crippen LogP) is 5.46. The van der Waals surface area contributed by atoms with Gasteiger partial charge >= 0.3 is 0 Å². The summed E-state index contributed by atoms with van der Waals surface area (Å²) in [5.41, 5.74) is 2.20. The van der Waals surface area contributed by atoms with E-state index in [2.05, 4.69) is 39.9 Å². The largest absolute Gasteiger partial charge is 0.325 e. The minimum Gasteiger partial charge on any atom is -0.325 e. The summed E-state index contributed by atoms with van der Waals surface area (Å²) in [7, 11) is 0. The Bertz CT molecular complexity index is 769. The van der Waals surface area contributed by atoms with Crippen LogP contribution in [-0.4, -0.2) is 41.1 Å². The van der Waals surface area contributed by atoms with E-state index in [0.29, 0.717) is 6.54 Å². The summed E-state index contributed by atoms with van der Waals surface area (Å²) in [6, 6.07) is 14.8. The van der Waals surface area contributed by atoms with E-state index in [1.807, 2.05) is 17.0 Å². The van der Waals surface area contributed by atoms with Crippen molar-refractivity contribution in [2.45, 2.75) is 31.7 Å². The number of unbranched alkanes of at least 4 members (excludes halogenated alkanes) is 1. The van der Waals surface area contributed by atoms with Gasteiger partial charge in [-0.3, -0.25) is 9.69 Å². The second kappa shape index (κ2) is 10.4. The number of hydrogen-bond acceptors (Lipinski definition) is 3. The number of halogens is 2. The van der Waals surface area contributed by atoms with Gasteiger partial charge in [-0.1, -0.05) is 53.5 Å². The maximum absolute atomic E-state index is 13.3. The van der Waals surface area contributed by atoms with Crippen LogP contribution in [0.3, 0.4) is 0 Å². The van der Waals surface area contributed by atoms with Crippen LogP contribution in [0.15, 0.2) is 53.0 Å². The summed E-state index contributed by atoms with van der Waals surface area (Å²) >= 11 is 5.22. The highest BCUT2D eigenvalue weighted by Crippen LogP contribution is 2.38. The van der Waals surface area contributed by atoms with Crippen molar-refractivity contribution in [3.63, 3.8) is 0 Å². The number of rotatable bonds is 8. The van der Waals surface area contributed by atoms with Crippen molar-refractivity contribution in [3.8, 4) is 0 Å². The Kier molecular flexibility index (Phi) is 7.94. The molecule has 3 nitrogen and oxygen atoms in total. The SMILES string of the molecule is CCCCN(CC(=O)N1CCS[C@@H]1c1ccc(F)cc1)Cc1ccc(Br)cc1. The van der Waals surface area contributed by atoms with Crippen LogP contribution in [0.4, 0.5) is 4.39 Å². The van der Waals surface area contributed by atoms with E-state index in [4.69, 9.17) is 0 Å². The molecule has 1 atom stereocenters. The summed E-state index contributed by atoms with van der Waals surface area (Å²) in [5, 5.41) is -0.0196. The number of carbonyl (C=O) groups is 1. The number of thioether (sulfide) groups is 1. The average Bonchev–Trinajstić information content (AvgIpc) is 3.18. The second-order valence-corrected chi connectivity index (χ2v) is 9.16. The zero-order chi connectivity index (χ0) is 19.9. The van der Waals surface area contributed by atoms with Crippen molar-refractivity contribution >= 4 is 33.6 Å². The Morgan fingerprint density at radius 2 is 1.93 bits per heavy atom. The lowest BCUT2D eigenvalue weighted by atomic mass is 10.2. The van der Waals surface area contributed by atoms with Gasteiger partial charge in [0.1, 0.15) is 11.2 Å². The predicted molar refractivity (Wildman–Crippen MR) is 118 cm³/mol. The van der Waals surface area contributed by atoms with E-state index in [0.717, 1.165) is 48.3 Å². The molecule has 1 fully saturated rings. The molecular weight excluding hydrogens is 439 g/mol. The molecule has 0 radical (unpaired) electrons. The fraction of sp³-hybridized carbons (Fsp3) is 0.409. The van der Waals surface area contributed by atoms with Gasteiger partial charge in [-0.2, -0.15) is 0 Å². The first kappa shape index (κ1) is 21.3. The van der Waals surface area contributed by atoms with Crippen molar-refractivity contribution in [1.82, 2.24) is 9.80 Å². The van der Waals surface area contributed by atoms with E-state index in [1.165, 1.54) is 17.7 Å². The van der Waals surface area contributed by atoms with Gasteiger partial charge in [0.2, 0.25) is 5.91 Å². The summed E-state index contributed by atoms with van der Waals surface area (Å²) in [5.74, 6) is 0.813. The molecule has 1 saturated heterocycles. The van der Waals surface area contributed by atoms with Crippen molar-refractivity contribution in [1.29, 1.82) is 0 Å². The Morgan fingerprint density at radius 3 is 2.61 bits per heavy atom. The van der Waals surface area contributed by atoms with Crippen LogP contribution < -0.4 is 0 Å². The third-order valence-corrected chi connectivity index (χ3v) is 6.66. The van der Waals surface area contributed by atoms with E-state index in [1.54, 1.807) is 23.9 Å². The summed E-state index contributed by atoms with van der Waals surface area (Å²) in [6.45, 7) is 4.99. The van der Waals surface area contributed by atoms with Crippen molar-refractivity contribution in [2.24, 2.45) is 0 Å². The Balaban J connectivity index is 1.67. The van der Waals surface area contributed by atoms with Gasteiger partial charge in [-0.25, -0.2) is 4.39 Å². The third kappa shape index (κ3) is 5.82. The normalized spacial score (nSPS) is 16.7. The second-order valence-electron chi connectivity index (χ2n) is 7.05. The van der Waals surface area contributed by atoms with Gasteiger partial charge in [0.25, 0.3) is 0 Å². The fourth-order valence-electron chi connectivity index (χ4n) is 3.35. The number of hydrogen-bond donors (Lipinski definition) is 0. The van der Waals surface area contributed by atoms with Gasteiger partial charge in [-0.05, 0) is 48.4 Å². The third-order valence-electron chi connectivity index (χ3n) is 4.87. The zero-order valence-corrected chi connectivity index (χ0v) is 18.5. The van der Waals surface area contributed by atoms with E-state index < -0.39 is 0 Å². The fourth-order valence-corrected chi connectivity index (χ4v) is 4.90. The molecule has 1 amide bonds. The Hall–Kier alpha value is -1.37. The first-order valence-corrected chi connectivity index (χ1v) is 11.5. The molecule has 2 aromatic rings. The van der Waals surface area contributed by atoms with E-state index >= 15 is 0 Å².